The van der Waals surface area contributed by atoms with Crippen LogP contribution in [0, 0.1) is 11.2 Å². The summed E-state index contributed by atoms with van der Waals surface area (Å²) < 4.78 is 15.2. The first-order valence-electron chi connectivity index (χ1n) is 8.48. The van der Waals surface area contributed by atoms with Crippen molar-refractivity contribution < 1.29 is 9.18 Å². The first kappa shape index (κ1) is 17.8. The molecular formula is C22H21FN2O. The molecule has 0 aliphatic rings. The van der Waals surface area contributed by atoms with Crippen molar-refractivity contribution in [1.29, 1.82) is 0 Å². The van der Waals surface area contributed by atoms with Crippen LogP contribution in [0.15, 0.2) is 66.9 Å². The van der Waals surface area contributed by atoms with Crippen LogP contribution in [0.5, 0.6) is 0 Å². The van der Waals surface area contributed by atoms with Gasteiger partial charge in [-0.25, -0.2) is 4.39 Å². The second-order valence-corrected chi connectivity index (χ2v) is 7.14. The zero-order valence-corrected chi connectivity index (χ0v) is 15.1. The second kappa shape index (κ2) is 7.08. The maximum absolute atomic E-state index is 15.2. The lowest BCUT2D eigenvalue weighted by Gasteiger charge is -2.20. The molecule has 0 atom stereocenters. The highest BCUT2D eigenvalue weighted by molar-refractivity contribution is 5.98. The van der Waals surface area contributed by atoms with Crippen LogP contribution in [0.25, 0.3) is 22.4 Å². The molecule has 0 aliphatic carbocycles. The largest absolute Gasteiger partial charge is 0.325 e. The summed E-state index contributed by atoms with van der Waals surface area (Å²) in [5.74, 6) is -0.529. The molecule has 3 nitrogen and oxygen atoms in total. The molecule has 3 rings (SSSR count). The van der Waals surface area contributed by atoms with Gasteiger partial charge in [-0.15, -0.1) is 0 Å². The van der Waals surface area contributed by atoms with Crippen molar-refractivity contribution in [2.75, 3.05) is 5.32 Å². The maximum Gasteiger partial charge on any atom is 0.229 e. The summed E-state index contributed by atoms with van der Waals surface area (Å²) in [6, 6.07) is 18.1. The van der Waals surface area contributed by atoms with Gasteiger partial charge in [0.2, 0.25) is 5.91 Å². The van der Waals surface area contributed by atoms with E-state index in [1.54, 1.807) is 24.4 Å². The van der Waals surface area contributed by atoms with Crippen LogP contribution < -0.4 is 5.32 Å². The van der Waals surface area contributed by atoms with Crippen LogP contribution in [0.4, 0.5) is 10.1 Å². The molecule has 1 aromatic heterocycles. The Morgan fingerprint density at radius 2 is 1.58 bits per heavy atom. The predicted molar refractivity (Wildman–Crippen MR) is 103 cm³/mol. The van der Waals surface area contributed by atoms with Gasteiger partial charge in [0, 0.05) is 34.0 Å². The number of nitrogens with zero attached hydrogens (tertiary/aromatic N) is 1. The maximum atomic E-state index is 15.2. The molecule has 1 heterocycles. The first-order chi connectivity index (χ1) is 12.4. The van der Waals surface area contributed by atoms with Crippen molar-refractivity contribution >= 4 is 11.6 Å². The lowest BCUT2D eigenvalue weighted by Crippen LogP contribution is -2.27. The summed E-state index contributed by atoms with van der Waals surface area (Å²) in [5, 5.41) is 2.91. The lowest BCUT2D eigenvalue weighted by molar-refractivity contribution is -0.123. The Balaban J connectivity index is 2.07. The zero-order valence-electron chi connectivity index (χ0n) is 15.1. The number of carbonyl (C=O) groups is 1. The fourth-order valence-corrected chi connectivity index (χ4v) is 2.59. The van der Waals surface area contributed by atoms with Crippen molar-refractivity contribution in [3.8, 4) is 22.4 Å². The second-order valence-electron chi connectivity index (χ2n) is 7.14. The van der Waals surface area contributed by atoms with E-state index in [0.29, 0.717) is 28.1 Å². The van der Waals surface area contributed by atoms with Crippen molar-refractivity contribution in [2.24, 2.45) is 5.41 Å². The van der Waals surface area contributed by atoms with Crippen molar-refractivity contribution in [1.82, 2.24) is 4.98 Å². The average molecular weight is 348 g/mol. The molecule has 2 aromatic carbocycles. The fraction of sp³-hybridized carbons (Fsp3) is 0.182. The van der Waals surface area contributed by atoms with Crippen molar-refractivity contribution in [2.45, 2.75) is 20.8 Å². The third kappa shape index (κ3) is 3.64. The summed E-state index contributed by atoms with van der Waals surface area (Å²) in [6.07, 6.45) is 1.59. The molecule has 0 aliphatic heterocycles. The summed E-state index contributed by atoms with van der Waals surface area (Å²) >= 11 is 0. The summed E-state index contributed by atoms with van der Waals surface area (Å²) in [7, 11) is 0. The minimum Gasteiger partial charge on any atom is -0.325 e. The van der Waals surface area contributed by atoms with Crippen molar-refractivity contribution in [3.05, 3.63) is 72.7 Å². The highest BCUT2D eigenvalue weighted by Gasteiger charge is 2.23. The van der Waals surface area contributed by atoms with E-state index in [-0.39, 0.29) is 5.91 Å². The number of halogens is 1. The van der Waals surface area contributed by atoms with Gasteiger partial charge in [0.05, 0.1) is 0 Å². The average Bonchev–Trinajstić information content (AvgIpc) is 2.62. The highest BCUT2D eigenvalue weighted by Crippen LogP contribution is 2.34. The predicted octanol–water partition coefficient (Wildman–Crippen LogP) is 5.54. The van der Waals surface area contributed by atoms with Gasteiger partial charge in [-0.2, -0.15) is 0 Å². The fourth-order valence-electron chi connectivity index (χ4n) is 2.59. The minimum absolute atomic E-state index is 0.123. The van der Waals surface area contributed by atoms with Crippen LogP contribution >= 0.6 is 0 Å². The molecule has 0 saturated heterocycles. The smallest absolute Gasteiger partial charge is 0.229 e. The molecule has 0 bridgehead atoms. The molecule has 1 amide bonds. The Morgan fingerprint density at radius 3 is 2.27 bits per heavy atom. The Labute approximate surface area is 152 Å². The number of pyridine rings is 1. The molecule has 0 radical (unpaired) electrons. The summed E-state index contributed by atoms with van der Waals surface area (Å²) in [4.78, 5) is 16.6. The number of benzene rings is 2. The quantitative estimate of drug-likeness (QED) is 0.675. The Bertz CT molecular complexity index is 930. The van der Waals surface area contributed by atoms with Gasteiger partial charge in [0.15, 0.2) is 5.82 Å². The van der Waals surface area contributed by atoms with Gasteiger partial charge in [0.1, 0.15) is 5.69 Å². The van der Waals surface area contributed by atoms with Crippen molar-refractivity contribution in [3.63, 3.8) is 0 Å². The number of carbonyl (C=O) groups excluding carboxylic acids is 1. The third-order valence-corrected chi connectivity index (χ3v) is 4.08. The number of anilines is 1. The van der Waals surface area contributed by atoms with Gasteiger partial charge >= 0.3 is 0 Å². The van der Waals surface area contributed by atoms with E-state index in [1.165, 1.54) is 0 Å². The van der Waals surface area contributed by atoms with Crippen LogP contribution in [-0.4, -0.2) is 10.9 Å². The topological polar surface area (TPSA) is 42.0 Å². The number of rotatable bonds is 3. The van der Waals surface area contributed by atoms with Gasteiger partial charge in [-0.1, -0.05) is 69.3 Å². The van der Waals surface area contributed by atoms with Gasteiger partial charge in [-0.05, 0) is 12.1 Å². The molecule has 3 aromatic rings. The molecule has 0 saturated carbocycles. The number of hydrogen-bond acceptors (Lipinski definition) is 2. The van der Waals surface area contributed by atoms with E-state index in [9.17, 15) is 4.79 Å². The van der Waals surface area contributed by atoms with E-state index in [0.717, 1.165) is 0 Å². The van der Waals surface area contributed by atoms with Gasteiger partial charge in [0.25, 0.3) is 0 Å². The molecule has 26 heavy (non-hydrogen) atoms. The Hall–Kier alpha value is -3.01. The van der Waals surface area contributed by atoms with E-state index in [1.807, 2.05) is 63.2 Å². The minimum atomic E-state index is -0.543. The molecule has 1 N–H and O–H groups in total. The number of nitrogens with one attached hydrogen (secondary N) is 1. The summed E-state index contributed by atoms with van der Waals surface area (Å²) in [6.45, 7) is 5.52. The Kier molecular flexibility index (Phi) is 4.85. The molecular weight excluding hydrogens is 327 g/mol. The molecule has 0 spiro atoms. The summed E-state index contributed by atoms with van der Waals surface area (Å²) in [5.41, 5.74) is 2.07. The standard InChI is InChI=1S/C22H21FN2O/c1-22(2,3)21(26)25-18-12-8-7-11-16(18)17-13-14-24-20(19(17)23)15-9-5-4-6-10-15/h4-14H,1-3H3,(H,25,26). The first-order valence-corrected chi connectivity index (χ1v) is 8.48. The SMILES string of the molecule is CC(C)(C)C(=O)Nc1ccccc1-c1ccnc(-c2ccccc2)c1F. The van der Waals surface area contributed by atoms with E-state index in [4.69, 9.17) is 0 Å². The number of aromatic nitrogens is 1. The van der Waals surface area contributed by atoms with Crippen LogP contribution in [0.1, 0.15) is 20.8 Å². The van der Waals surface area contributed by atoms with E-state index >= 15 is 4.39 Å². The number of hydrogen-bond donors (Lipinski definition) is 1. The van der Waals surface area contributed by atoms with E-state index < -0.39 is 11.2 Å². The molecule has 4 heteroatoms. The molecule has 0 fully saturated rings. The van der Waals surface area contributed by atoms with Crippen LogP contribution in [-0.2, 0) is 4.79 Å². The third-order valence-electron chi connectivity index (χ3n) is 4.08. The lowest BCUT2D eigenvalue weighted by atomic mass is 9.94. The number of amides is 1. The highest BCUT2D eigenvalue weighted by atomic mass is 19.1. The van der Waals surface area contributed by atoms with Gasteiger partial charge in [-0.3, -0.25) is 9.78 Å². The Morgan fingerprint density at radius 1 is 0.923 bits per heavy atom. The number of para-hydroxylation sites is 1. The molecule has 0 unspecified atom stereocenters. The van der Waals surface area contributed by atoms with Gasteiger partial charge < -0.3 is 5.32 Å². The monoisotopic (exact) mass is 348 g/mol. The normalized spacial score (nSPS) is 11.2. The van der Waals surface area contributed by atoms with Crippen LogP contribution in [0.2, 0.25) is 0 Å². The van der Waals surface area contributed by atoms with E-state index in [2.05, 4.69) is 10.3 Å². The zero-order chi connectivity index (χ0) is 18.7. The molecule has 132 valence electrons. The van der Waals surface area contributed by atoms with Crippen LogP contribution in [0.3, 0.4) is 0 Å².